The molecule has 1 aliphatic rings. The minimum atomic E-state index is 0.131. The van der Waals surface area contributed by atoms with E-state index in [9.17, 15) is 4.79 Å². The fraction of sp³-hybridized carbons (Fsp3) is 0.458. The lowest BCUT2D eigenvalue weighted by molar-refractivity contribution is -0.110. The Morgan fingerprint density at radius 3 is 2.48 bits per heavy atom. The summed E-state index contributed by atoms with van der Waals surface area (Å²) < 4.78 is 0.131. The van der Waals surface area contributed by atoms with Crippen LogP contribution in [0.3, 0.4) is 0 Å². The summed E-state index contributed by atoms with van der Waals surface area (Å²) >= 11 is 18.9. The van der Waals surface area contributed by atoms with Gasteiger partial charge in [-0.3, -0.25) is 4.79 Å². The van der Waals surface area contributed by atoms with E-state index < -0.39 is 0 Å². The first-order chi connectivity index (χ1) is 14.9. The molecule has 3 nitrogen and oxygen atoms in total. The van der Waals surface area contributed by atoms with Crippen LogP contribution in [0, 0.1) is 0 Å². The Hall–Kier alpha value is -0.850. The summed E-state index contributed by atoms with van der Waals surface area (Å²) in [6.45, 7) is 1.87. The van der Waals surface area contributed by atoms with Gasteiger partial charge in [0.2, 0.25) is 0 Å². The predicted octanol–water partition coefficient (Wildman–Crippen LogP) is 7.10. The standard InChI is InChI=1S/C24H30Cl2N2OS2/c1-28(17-24(30)12-5-2-6-13-24)14-15-31-22(29)16-18-8-3-4-11-21(18)27-23-19(25)9-7-10-20(23)26/h3-4,7-11,27,30H,2,5-6,12-17H2,1H3. The second-order valence-corrected chi connectivity index (χ2v) is 11.2. The maximum Gasteiger partial charge on any atom is 0.193 e. The molecular formula is C24H30Cl2N2OS2. The van der Waals surface area contributed by atoms with E-state index in [1.807, 2.05) is 30.3 Å². The average Bonchev–Trinajstić information content (AvgIpc) is 2.72. The minimum Gasteiger partial charge on any atom is -0.353 e. The summed E-state index contributed by atoms with van der Waals surface area (Å²) in [4.78, 5) is 14.9. The van der Waals surface area contributed by atoms with Gasteiger partial charge in [0.25, 0.3) is 0 Å². The van der Waals surface area contributed by atoms with Crippen molar-refractivity contribution in [2.75, 3.05) is 31.2 Å². The zero-order valence-corrected chi connectivity index (χ0v) is 21.1. The van der Waals surface area contributed by atoms with Crippen molar-refractivity contribution >= 4 is 64.1 Å². The third-order valence-corrected chi connectivity index (χ3v) is 7.73. The molecule has 0 unspecified atom stereocenters. The molecule has 31 heavy (non-hydrogen) atoms. The fourth-order valence-corrected chi connectivity index (χ4v) is 5.96. The highest BCUT2D eigenvalue weighted by atomic mass is 35.5. The zero-order chi connectivity index (χ0) is 22.3. The Kier molecular flexibility index (Phi) is 9.47. The Balaban J connectivity index is 1.50. The number of halogens is 2. The van der Waals surface area contributed by atoms with Crippen LogP contribution in [0.4, 0.5) is 11.4 Å². The number of nitrogens with one attached hydrogen (secondary N) is 1. The van der Waals surface area contributed by atoms with Crippen LogP contribution in [-0.4, -0.2) is 40.7 Å². The van der Waals surface area contributed by atoms with E-state index in [-0.39, 0.29) is 9.86 Å². The van der Waals surface area contributed by atoms with Crippen LogP contribution in [0.25, 0.3) is 0 Å². The highest BCUT2D eigenvalue weighted by molar-refractivity contribution is 8.13. The summed E-state index contributed by atoms with van der Waals surface area (Å²) in [6, 6.07) is 13.2. The Morgan fingerprint density at radius 2 is 1.77 bits per heavy atom. The van der Waals surface area contributed by atoms with E-state index in [0.29, 0.717) is 22.2 Å². The topological polar surface area (TPSA) is 32.3 Å². The molecule has 0 aromatic heterocycles. The third kappa shape index (κ3) is 7.61. The zero-order valence-electron chi connectivity index (χ0n) is 17.9. The van der Waals surface area contributed by atoms with Gasteiger partial charge in [-0.25, -0.2) is 0 Å². The summed E-state index contributed by atoms with van der Waals surface area (Å²) in [5.74, 6) is 0.783. The minimum absolute atomic E-state index is 0.131. The van der Waals surface area contributed by atoms with Crippen molar-refractivity contribution in [2.45, 2.75) is 43.3 Å². The molecule has 1 aliphatic carbocycles. The number of carbonyl (C=O) groups is 1. The molecule has 168 valence electrons. The van der Waals surface area contributed by atoms with Gasteiger partial charge in [-0.05, 0) is 43.7 Å². The molecule has 0 saturated heterocycles. The van der Waals surface area contributed by atoms with Crippen molar-refractivity contribution in [1.29, 1.82) is 0 Å². The van der Waals surface area contributed by atoms with Gasteiger partial charge in [-0.2, -0.15) is 12.6 Å². The lowest BCUT2D eigenvalue weighted by Crippen LogP contribution is -2.39. The molecule has 1 N–H and O–H groups in total. The number of para-hydroxylation sites is 2. The van der Waals surface area contributed by atoms with Crippen molar-refractivity contribution in [2.24, 2.45) is 0 Å². The fourth-order valence-electron chi connectivity index (χ4n) is 4.02. The van der Waals surface area contributed by atoms with Crippen LogP contribution in [-0.2, 0) is 11.2 Å². The largest absolute Gasteiger partial charge is 0.353 e. The van der Waals surface area contributed by atoms with E-state index >= 15 is 0 Å². The smallest absolute Gasteiger partial charge is 0.193 e. The van der Waals surface area contributed by atoms with Crippen molar-refractivity contribution < 1.29 is 4.79 Å². The van der Waals surface area contributed by atoms with Crippen molar-refractivity contribution in [1.82, 2.24) is 4.90 Å². The first-order valence-electron chi connectivity index (χ1n) is 10.7. The quantitative estimate of drug-likeness (QED) is 0.362. The number of hydrogen-bond donors (Lipinski definition) is 2. The van der Waals surface area contributed by atoms with E-state index in [1.165, 1.54) is 43.9 Å². The predicted molar refractivity (Wildman–Crippen MR) is 140 cm³/mol. The number of anilines is 2. The van der Waals surface area contributed by atoms with Gasteiger partial charge >= 0.3 is 0 Å². The Morgan fingerprint density at radius 1 is 1.10 bits per heavy atom. The number of nitrogens with zero attached hydrogens (tertiary/aromatic N) is 1. The van der Waals surface area contributed by atoms with Crippen LogP contribution < -0.4 is 5.32 Å². The van der Waals surface area contributed by atoms with Crippen molar-refractivity contribution in [3.05, 3.63) is 58.1 Å². The molecule has 2 aromatic rings. The van der Waals surface area contributed by atoms with Crippen LogP contribution in [0.5, 0.6) is 0 Å². The number of hydrogen-bond acceptors (Lipinski definition) is 5. The SMILES string of the molecule is CN(CCSC(=O)Cc1ccccc1Nc1c(Cl)cccc1Cl)CC1(S)CCCCC1. The number of thiol groups is 1. The van der Waals surface area contributed by atoms with Crippen LogP contribution in [0.2, 0.25) is 10.0 Å². The summed E-state index contributed by atoms with van der Waals surface area (Å²) in [7, 11) is 2.13. The summed E-state index contributed by atoms with van der Waals surface area (Å²) in [5.41, 5.74) is 2.43. The van der Waals surface area contributed by atoms with E-state index in [0.717, 1.165) is 30.1 Å². The molecule has 2 aromatic carbocycles. The molecule has 1 saturated carbocycles. The lowest BCUT2D eigenvalue weighted by Gasteiger charge is -2.36. The Labute approximate surface area is 205 Å². The van der Waals surface area contributed by atoms with Crippen molar-refractivity contribution in [3.8, 4) is 0 Å². The first-order valence-corrected chi connectivity index (χ1v) is 12.9. The third-order valence-electron chi connectivity index (χ3n) is 5.66. The number of carbonyl (C=O) groups excluding carboxylic acids is 1. The highest BCUT2D eigenvalue weighted by Crippen LogP contribution is 2.35. The highest BCUT2D eigenvalue weighted by Gasteiger charge is 2.29. The van der Waals surface area contributed by atoms with Crippen LogP contribution in [0.1, 0.15) is 37.7 Å². The van der Waals surface area contributed by atoms with Gasteiger partial charge in [-0.15, -0.1) is 0 Å². The Bertz CT molecular complexity index is 867. The maximum absolute atomic E-state index is 12.6. The molecule has 0 atom stereocenters. The molecular weight excluding hydrogens is 467 g/mol. The van der Waals surface area contributed by atoms with E-state index in [2.05, 4.69) is 17.3 Å². The van der Waals surface area contributed by atoms with Gasteiger partial charge in [0, 0.05) is 35.7 Å². The van der Waals surface area contributed by atoms with Gasteiger partial charge in [0.15, 0.2) is 5.12 Å². The molecule has 7 heteroatoms. The molecule has 3 rings (SSSR count). The van der Waals surface area contributed by atoms with E-state index in [4.69, 9.17) is 35.8 Å². The van der Waals surface area contributed by atoms with Gasteiger partial charge in [-0.1, -0.05) is 78.5 Å². The molecule has 1 fully saturated rings. The van der Waals surface area contributed by atoms with E-state index in [1.54, 1.807) is 12.1 Å². The molecule has 0 bridgehead atoms. The molecule has 0 amide bonds. The molecule has 0 heterocycles. The normalized spacial score (nSPS) is 15.8. The summed E-state index contributed by atoms with van der Waals surface area (Å²) in [5, 5.41) is 4.55. The second kappa shape index (κ2) is 11.9. The van der Waals surface area contributed by atoms with Gasteiger partial charge in [0.05, 0.1) is 15.7 Å². The summed E-state index contributed by atoms with van der Waals surface area (Å²) in [6.07, 6.45) is 6.61. The average molecular weight is 498 g/mol. The maximum atomic E-state index is 12.6. The monoisotopic (exact) mass is 496 g/mol. The van der Waals surface area contributed by atoms with Gasteiger partial charge < -0.3 is 10.2 Å². The molecule has 0 spiro atoms. The molecule has 0 aliphatic heterocycles. The van der Waals surface area contributed by atoms with Crippen LogP contribution >= 0.6 is 47.6 Å². The van der Waals surface area contributed by atoms with Gasteiger partial charge in [0.1, 0.15) is 0 Å². The van der Waals surface area contributed by atoms with Crippen LogP contribution in [0.15, 0.2) is 42.5 Å². The lowest BCUT2D eigenvalue weighted by atomic mass is 9.88. The first kappa shape index (κ1) is 24.8. The number of rotatable bonds is 9. The van der Waals surface area contributed by atoms with Crippen molar-refractivity contribution in [3.63, 3.8) is 0 Å². The second-order valence-electron chi connectivity index (χ2n) is 8.30. The molecule has 0 radical (unpaired) electrons. The number of thioether (sulfide) groups is 1. The number of benzene rings is 2.